The van der Waals surface area contributed by atoms with Crippen molar-refractivity contribution in [1.82, 2.24) is 10.1 Å². The molecule has 24 heavy (non-hydrogen) atoms. The molecule has 0 atom stereocenters. The van der Waals surface area contributed by atoms with E-state index in [1.807, 2.05) is 6.92 Å². The Kier molecular flexibility index (Phi) is 3.92. The lowest BCUT2D eigenvalue weighted by atomic mass is 10.1. The number of aryl methyl sites for hydroxylation is 4. The maximum atomic E-state index is 12.5. The van der Waals surface area contributed by atoms with Crippen LogP contribution in [0.15, 0.2) is 38.1 Å². The van der Waals surface area contributed by atoms with Crippen LogP contribution in [-0.4, -0.2) is 18.6 Å². The second-order valence-electron chi connectivity index (χ2n) is 5.47. The van der Waals surface area contributed by atoms with Gasteiger partial charge in [0.1, 0.15) is 17.1 Å². The molecule has 0 aliphatic rings. The van der Waals surface area contributed by atoms with Gasteiger partial charge in [0.05, 0.1) is 0 Å². The predicted octanol–water partition coefficient (Wildman–Crippen LogP) is 3.36. The molecule has 0 saturated carbocycles. The molecule has 0 aliphatic heterocycles. The van der Waals surface area contributed by atoms with E-state index in [1.54, 1.807) is 45.0 Å². The Hall–Kier alpha value is -2.61. The first-order valence-electron chi connectivity index (χ1n) is 7.28. The third-order valence-corrected chi connectivity index (χ3v) is 5.18. The zero-order valence-corrected chi connectivity index (χ0v) is 14.6. The Morgan fingerprint density at radius 2 is 1.67 bits per heavy atom. The summed E-state index contributed by atoms with van der Waals surface area (Å²) < 4.78 is 37.8. The second-order valence-corrected chi connectivity index (χ2v) is 7.09. The molecule has 7 nitrogen and oxygen atoms in total. The van der Waals surface area contributed by atoms with Gasteiger partial charge in [-0.1, -0.05) is 17.3 Å². The largest absolute Gasteiger partial charge is 0.446 e. The van der Waals surface area contributed by atoms with Crippen molar-refractivity contribution in [1.29, 1.82) is 0 Å². The van der Waals surface area contributed by atoms with E-state index in [-0.39, 0.29) is 10.7 Å². The van der Waals surface area contributed by atoms with Crippen molar-refractivity contribution in [3.8, 4) is 11.3 Å². The second kappa shape index (κ2) is 5.79. The van der Waals surface area contributed by atoms with E-state index >= 15 is 0 Å². The highest BCUT2D eigenvalue weighted by Gasteiger charge is 2.24. The summed E-state index contributed by atoms with van der Waals surface area (Å²) in [6.45, 7) is 6.77. The monoisotopic (exact) mass is 347 g/mol. The molecule has 3 rings (SSSR count). The SMILES string of the molecule is Cc1nc(-c2ccc(NS(=O)(=O)c3c(C)noc3C)cc2)c(C)o1. The number of benzene rings is 1. The third-order valence-electron chi connectivity index (χ3n) is 3.55. The number of nitrogens with one attached hydrogen (secondary N) is 1. The summed E-state index contributed by atoms with van der Waals surface area (Å²) in [4.78, 5) is 4.39. The summed E-state index contributed by atoms with van der Waals surface area (Å²) in [5, 5.41) is 3.68. The van der Waals surface area contributed by atoms with Gasteiger partial charge in [0.15, 0.2) is 16.5 Å². The number of sulfonamides is 1. The van der Waals surface area contributed by atoms with E-state index in [2.05, 4.69) is 14.9 Å². The number of anilines is 1. The Morgan fingerprint density at radius 3 is 2.17 bits per heavy atom. The molecular weight excluding hydrogens is 330 g/mol. The first-order valence-corrected chi connectivity index (χ1v) is 8.76. The highest BCUT2D eigenvalue weighted by molar-refractivity contribution is 7.92. The highest BCUT2D eigenvalue weighted by atomic mass is 32.2. The summed E-state index contributed by atoms with van der Waals surface area (Å²) in [5.41, 5.74) is 2.36. The molecule has 0 saturated heterocycles. The van der Waals surface area contributed by atoms with Crippen LogP contribution in [0.3, 0.4) is 0 Å². The molecule has 1 N–H and O–H groups in total. The van der Waals surface area contributed by atoms with Gasteiger partial charge in [-0.3, -0.25) is 4.72 Å². The molecule has 0 aliphatic carbocycles. The minimum Gasteiger partial charge on any atom is -0.446 e. The smallest absolute Gasteiger partial charge is 0.267 e. The molecule has 1 aromatic carbocycles. The van der Waals surface area contributed by atoms with Gasteiger partial charge in [-0.2, -0.15) is 0 Å². The maximum Gasteiger partial charge on any atom is 0.267 e. The quantitative estimate of drug-likeness (QED) is 0.777. The van der Waals surface area contributed by atoms with Gasteiger partial charge in [-0.05, 0) is 32.9 Å². The molecule has 2 aromatic heterocycles. The summed E-state index contributed by atoms with van der Waals surface area (Å²) in [7, 11) is -3.75. The van der Waals surface area contributed by atoms with Crippen LogP contribution in [0.1, 0.15) is 23.1 Å². The van der Waals surface area contributed by atoms with Gasteiger partial charge in [0, 0.05) is 18.2 Å². The normalized spacial score (nSPS) is 11.7. The summed E-state index contributed by atoms with van der Waals surface area (Å²) in [6.07, 6.45) is 0. The molecule has 0 unspecified atom stereocenters. The van der Waals surface area contributed by atoms with Gasteiger partial charge in [0.2, 0.25) is 0 Å². The topological polar surface area (TPSA) is 98.2 Å². The van der Waals surface area contributed by atoms with Crippen molar-refractivity contribution in [2.75, 3.05) is 4.72 Å². The van der Waals surface area contributed by atoms with Gasteiger partial charge in [-0.15, -0.1) is 0 Å². The molecular formula is C16H17N3O4S. The number of aromatic nitrogens is 2. The minimum atomic E-state index is -3.75. The molecule has 0 fully saturated rings. The zero-order chi connectivity index (χ0) is 17.5. The van der Waals surface area contributed by atoms with E-state index in [9.17, 15) is 8.42 Å². The van der Waals surface area contributed by atoms with Crippen molar-refractivity contribution in [2.24, 2.45) is 0 Å². The fourth-order valence-corrected chi connectivity index (χ4v) is 3.95. The van der Waals surface area contributed by atoms with E-state index in [0.717, 1.165) is 17.0 Å². The van der Waals surface area contributed by atoms with Crippen molar-refractivity contribution in [2.45, 2.75) is 32.6 Å². The molecule has 0 radical (unpaired) electrons. The number of hydrogen-bond acceptors (Lipinski definition) is 6. The molecule has 3 aromatic rings. The van der Waals surface area contributed by atoms with Crippen molar-refractivity contribution in [3.63, 3.8) is 0 Å². The van der Waals surface area contributed by atoms with Crippen molar-refractivity contribution in [3.05, 3.63) is 47.4 Å². The van der Waals surface area contributed by atoms with Crippen LogP contribution in [0.2, 0.25) is 0 Å². The van der Waals surface area contributed by atoms with E-state index in [1.165, 1.54) is 0 Å². The van der Waals surface area contributed by atoms with Gasteiger partial charge in [0.25, 0.3) is 10.0 Å². The summed E-state index contributed by atoms with van der Waals surface area (Å²) in [6, 6.07) is 6.92. The van der Waals surface area contributed by atoms with Crippen LogP contribution in [0.25, 0.3) is 11.3 Å². The van der Waals surface area contributed by atoms with Crippen LogP contribution in [-0.2, 0) is 10.0 Å². The molecule has 126 valence electrons. The lowest BCUT2D eigenvalue weighted by Gasteiger charge is -2.08. The van der Waals surface area contributed by atoms with Crippen LogP contribution in [0, 0.1) is 27.7 Å². The number of hydrogen-bond donors (Lipinski definition) is 1. The van der Waals surface area contributed by atoms with E-state index < -0.39 is 10.0 Å². The van der Waals surface area contributed by atoms with Crippen LogP contribution in [0.4, 0.5) is 5.69 Å². The maximum absolute atomic E-state index is 12.5. The number of rotatable bonds is 4. The average Bonchev–Trinajstić information content (AvgIpc) is 3.01. The molecule has 0 amide bonds. The van der Waals surface area contributed by atoms with Gasteiger partial charge < -0.3 is 8.94 Å². The summed E-state index contributed by atoms with van der Waals surface area (Å²) in [5.74, 6) is 1.56. The number of nitrogens with zero attached hydrogens (tertiary/aromatic N) is 2. The zero-order valence-electron chi connectivity index (χ0n) is 13.7. The minimum absolute atomic E-state index is 0.0644. The summed E-state index contributed by atoms with van der Waals surface area (Å²) >= 11 is 0. The average molecular weight is 347 g/mol. The third kappa shape index (κ3) is 2.92. The Morgan fingerprint density at radius 1 is 1.00 bits per heavy atom. The molecule has 2 heterocycles. The molecule has 8 heteroatoms. The highest BCUT2D eigenvalue weighted by Crippen LogP contribution is 2.26. The van der Waals surface area contributed by atoms with Crippen LogP contribution >= 0.6 is 0 Å². The molecule has 0 spiro atoms. The first-order chi connectivity index (χ1) is 11.3. The Bertz CT molecular complexity index is 966. The van der Waals surface area contributed by atoms with E-state index in [4.69, 9.17) is 8.94 Å². The number of oxazole rings is 1. The first kappa shape index (κ1) is 16.3. The lowest BCUT2D eigenvalue weighted by Crippen LogP contribution is -2.14. The Balaban J connectivity index is 1.88. The van der Waals surface area contributed by atoms with Crippen molar-refractivity contribution >= 4 is 15.7 Å². The Labute approximate surface area is 139 Å². The van der Waals surface area contributed by atoms with Gasteiger partial charge >= 0.3 is 0 Å². The standard InChI is InChI=1S/C16H17N3O4S/c1-9-16(11(3)23-18-9)24(20,21)19-14-7-5-13(6-8-14)15-10(2)22-12(4)17-15/h5-8,19H,1-4H3. The predicted molar refractivity (Wildman–Crippen MR) is 88.2 cm³/mol. The van der Waals surface area contributed by atoms with Crippen molar-refractivity contribution < 1.29 is 17.4 Å². The van der Waals surface area contributed by atoms with Gasteiger partial charge in [-0.25, -0.2) is 13.4 Å². The van der Waals surface area contributed by atoms with Crippen LogP contribution < -0.4 is 4.72 Å². The molecule has 0 bridgehead atoms. The fourth-order valence-electron chi connectivity index (χ4n) is 2.56. The lowest BCUT2D eigenvalue weighted by molar-refractivity contribution is 0.390. The van der Waals surface area contributed by atoms with E-state index in [0.29, 0.717) is 17.3 Å². The van der Waals surface area contributed by atoms with Crippen LogP contribution in [0.5, 0.6) is 0 Å². The fraction of sp³-hybridized carbons (Fsp3) is 0.250.